The van der Waals surface area contributed by atoms with Gasteiger partial charge in [-0.05, 0) is 39.5 Å². The maximum atomic E-state index is 8.86. The van der Waals surface area contributed by atoms with Crippen LogP contribution in [0.15, 0.2) is 46.9 Å². The molecule has 0 fully saturated rings. The van der Waals surface area contributed by atoms with Crippen LogP contribution in [0.5, 0.6) is 0 Å². The van der Waals surface area contributed by atoms with Crippen molar-refractivity contribution >= 4 is 27.5 Å². The minimum Gasteiger partial charge on any atom is -0.396 e. The Morgan fingerprint density at radius 3 is 2.41 bits per heavy atom. The van der Waals surface area contributed by atoms with Gasteiger partial charge in [-0.15, -0.1) is 0 Å². The molecule has 0 saturated carbocycles. The molecule has 17 heavy (non-hydrogen) atoms. The zero-order chi connectivity index (χ0) is 12.3. The van der Waals surface area contributed by atoms with Gasteiger partial charge < -0.3 is 5.11 Å². The van der Waals surface area contributed by atoms with Crippen molar-refractivity contribution in [3.05, 3.63) is 57.5 Å². The highest BCUT2D eigenvalue weighted by molar-refractivity contribution is 9.10. The van der Waals surface area contributed by atoms with Crippen molar-refractivity contribution in [3.63, 3.8) is 0 Å². The molecule has 0 atom stereocenters. The average Bonchev–Trinajstić information content (AvgIpc) is 2.34. The standard InChI is InChI=1S/C14H12BrClO/c15-13-3-1-2-12(14(13)16)11-6-4-10(5-7-11)8-9-17/h1-7,17H,8-9H2. The lowest BCUT2D eigenvalue weighted by molar-refractivity contribution is 0.299. The molecule has 0 radical (unpaired) electrons. The van der Waals surface area contributed by atoms with Gasteiger partial charge in [-0.1, -0.05) is 48.0 Å². The quantitative estimate of drug-likeness (QED) is 0.896. The summed E-state index contributed by atoms with van der Waals surface area (Å²) in [5, 5.41) is 9.58. The molecule has 88 valence electrons. The summed E-state index contributed by atoms with van der Waals surface area (Å²) in [4.78, 5) is 0. The average molecular weight is 312 g/mol. The minimum absolute atomic E-state index is 0.178. The van der Waals surface area contributed by atoms with Gasteiger partial charge in [-0.25, -0.2) is 0 Å². The van der Waals surface area contributed by atoms with E-state index in [-0.39, 0.29) is 6.61 Å². The lowest BCUT2D eigenvalue weighted by atomic mass is 10.0. The van der Waals surface area contributed by atoms with E-state index in [4.69, 9.17) is 16.7 Å². The second-order valence-electron chi connectivity index (χ2n) is 3.77. The molecule has 2 aromatic rings. The summed E-state index contributed by atoms with van der Waals surface area (Å²) in [5.74, 6) is 0. The van der Waals surface area contributed by atoms with E-state index in [9.17, 15) is 0 Å². The number of hydrogen-bond acceptors (Lipinski definition) is 1. The summed E-state index contributed by atoms with van der Waals surface area (Å²) < 4.78 is 0.899. The fourth-order valence-electron chi connectivity index (χ4n) is 1.71. The molecule has 2 rings (SSSR count). The molecule has 0 saturated heterocycles. The van der Waals surface area contributed by atoms with Crippen molar-refractivity contribution in [1.82, 2.24) is 0 Å². The van der Waals surface area contributed by atoms with E-state index in [1.54, 1.807) is 0 Å². The zero-order valence-corrected chi connectivity index (χ0v) is 11.5. The summed E-state index contributed by atoms with van der Waals surface area (Å²) >= 11 is 9.66. The van der Waals surface area contributed by atoms with Crippen molar-refractivity contribution in [2.75, 3.05) is 6.61 Å². The predicted molar refractivity (Wildman–Crippen MR) is 75.4 cm³/mol. The van der Waals surface area contributed by atoms with Crippen molar-refractivity contribution in [2.24, 2.45) is 0 Å². The topological polar surface area (TPSA) is 20.2 Å². The van der Waals surface area contributed by atoms with E-state index in [0.29, 0.717) is 6.42 Å². The number of hydrogen-bond donors (Lipinski definition) is 1. The Hall–Kier alpha value is -0.830. The molecule has 0 aliphatic rings. The largest absolute Gasteiger partial charge is 0.396 e. The third-order valence-electron chi connectivity index (χ3n) is 2.62. The van der Waals surface area contributed by atoms with Crippen molar-refractivity contribution in [1.29, 1.82) is 0 Å². The maximum absolute atomic E-state index is 8.86. The van der Waals surface area contributed by atoms with Crippen LogP contribution in [0.25, 0.3) is 11.1 Å². The molecular formula is C14H12BrClO. The Morgan fingerprint density at radius 1 is 1.06 bits per heavy atom. The fraction of sp³-hybridized carbons (Fsp3) is 0.143. The Balaban J connectivity index is 2.36. The Bertz CT molecular complexity index is 508. The molecule has 0 unspecified atom stereocenters. The van der Waals surface area contributed by atoms with Gasteiger partial charge in [0.05, 0.1) is 5.02 Å². The fourth-order valence-corrected chi connectivity index (χ4v) is 2.31. The third kappa shape index (κ3) is 2.89. The molecule has 0 spiro atoms. The molecule has 1 N–H and O–H groups in total. The molecule has 1 nitrogen and oxygen atoms in total. The summed E-state index contributed by atoms with van der Waals surface area (Å²) in [7, 11) is 0. The molecule has 0 bridgehead atoms. The summed E-state index contributed by atoms with van der Waals surface area (Å²) in [6.45, 7) is 0.178. The SMILES string of the molecule is OCCc1ccc(-c2cccc(Br)c2Cl)cc1. The molecule has 3 heteroatoms. The van der Waals surface area contributed by atoms with Crippen LogP contribution in [-0.4, -0.2) is 11.7 Å². The molecule has 0 aliphatic carbocycles. The van der Waals surface area contributed by atoms with E-state index >= 15 is 0 Å². The van der Waals surface area contributed by atoms with E-state index < -0.39 is 0 Å². The van der Waals surface area contributed by atoms with Crippen LogP contribution in [0.1, 0.15) is 5.56 Å². The highest BCUT2D eigenvalue weighted by Crippen LogP contribution is 2.33. The first-order chi connectivity index (χ1) is 8.22. The Morgan fingerprint density at radius 2 is 1.76 bits per heavy atom. The number of aliphatic hydroxyl groups is 1. The number of aliphatic hydroxyl groups excluding tert-OH is 1. The minimum atomic E-state index is 0.178. The predicted octanol–water partition coefficient (Wildman–Crippen LogP) is 4.30. The molecule has 0 aliphatic heterocycles. The summed E-state index contributed by atoms with van der Waals surface area (Å²) in [6, 6.07) is 14.0. The number of rotatable bonds is 3. The number of halogens is 2. The van der Waals surface area contributed by atoms with Crippen molar-refractivity contribution in [3.8, 4) is 11.1 Å². The van der Waals surface area contributed by atoms with Gasteiger partial charge in [-0.3, -0.25) is 0 Å². The van der Waals surface area contributed by atoms with Crippen molar-refractivity contribution < 1.29 is 5.11 Å². The monoisotopic (exact) mass is 310 g/mol. The highest BCUT2D eigenvalue weighted by Gasteiger charge is 2.06. The Labute approximate surface area is 114 Å². The zero-order valence-electron chi connectivity index (χ0n) is 9.16. The van der Waals surface area contributed by atoms with Gasteiger partial charge in [0.25, 0.3) is 0 Å². The van der Waals surface area contributed by atoms with Crippen LogP contribution in [0.3, 0.4) is 0 Å². The highest BCUT2D eigenvalue weighted by atomic mass is 79.9. The lowest BCUT2D eigenvalue weighted by Gasteiger charge is -2.07. The molecule has 2 aromatic carbocycles. The van der Waals surface area contributed by atoms with Gasteiger partial charge in [-0.2, -0.15) is 0 Å². The first kappa shape index (κ1) is 12.6. The van der Waals surface area contributed by atoms with Crippen molar-refractivity contribution in [2.45, 2.75) is 6.42 Å². The second-order valence-corrected chi connectivity index (χ2v) is 5.00. The van der Waals surface area contributed by atoms with Gasteiger partial charge in [0, 0.05) is 16.6 Å². The number of benzene rings is 2. The van der Waals surface area contributed by atoms with Crippen LogP contribution in [-0.2, 0) is 6.42 Å². The molecule has 0 heterocycles. The van der Waals surface area contributed by atoms with E-state index in [0.717, 1.165) is 26.2 Å². The van der Waals surface area contributed by atoms with E-state index in [1.165, 1.54) is 0 Å². The van der Waals surface area contributed by atoms with Crippen LogP contribution in [0, 0.1) is 0 Å². The first-order valence-electron chi connectivity index (χ1n) is 5.36. The van der Waals surface area contributed by atoms with Crippen LogP contribution in [0.4, 0.5) is 0 Å². The maximum Gasteiger partial charge on any atom is 0.0626 e. The van der Waals surface area contributed by atoms with Gasteiger partial charge >= 0.3 is 0 Å². The first-order valence-corrected chi connectivity index (χ1v) is 6.53. The lowest BCUT2D eigenvalue weighted by Crippen LogP contribution is -1.90. The van der Waals surface area contributed by atoms with E-state index in [2.05, 4.69) is 15.9 Å². The van der Waals surface area contributed by atoms with Crippen LogP contribution >= 0.6 is 27.5 Å². The summed E-state index contributed by atoms with van der Waals surface area (Å²) in [5.41, 5.74) is 3.22. The van der Waals surface area contributed by atoms with E-state index in [1.807, 2.05) is 42.5 Å². The summed E-state index contributed by atoms with van der Waals surface area (Å²) in [6.07, 6.45) is 0.687. The Kier molecular flexibility index (Phi) is 4.21. The normalized spacial score (nSPS) is 10.5. The molecular weight excluding hydrogens is 300 g/mol. The van der Waals surface area contributed by atoms with Gasteiger partial charge in [0.2, 0.25) is 0 Å². The molecule has 0 aromatic heterocycles. The third-order valence-corrected chi connectivity index (χ3v) is 3.91. The smallest absolute Gasteiger partial charge is 0.0626 e. The molecule has 0 amide bonds. The van der Waals surface area contributed by atoms with Crippen LogP contribution in [0.2, 0.25) is 5.02 Å². The van der Waals surface area contributed by atoms with Gasteiger partial charge in [0.1, 0.15) is 0 Å². The second kappa shape index (κ2) is 5.67. The van der Waals surface area contributed by atoms with Crippen LogP contribution < -0.4 is 0 Å². The van der Waals surface area contributed by atoms with Gasteiger partial charge in [0.15, 0.2) is 0 Å².